The molecule has 0 aromatic heterocycles. The Bertz CT molecular complexity index is 346. The van der Waals surface area contributed by atoms with Gasteiger partial charge in [0.15, 0.2) is 0 Å². The van der Waals surface area contributed by atoms with Gasteiger partial charge in [-0.05, 0) is 18.2 Å². The number of carboxylic acid groups (broad SMARTS) is 1. The van der Waals surface area contributed by atoms with E-state index in [2.05, 4.69) is 4.74 Å². The van der Waals surface area contributed by atoms with Crippen LogP contribution in [0.15, 0.2) is 24.3 Å². The maximum Gasteiger partial charge on any atom is 0.511 e. The molecule has 0 aliphatic heterocycles. The van der Waals surface area contributed by atoms with Gasteiger partial charge in [-0.15, -0.1) is 0 Å². The van der Waals surface area contributed by atoms with Crippen LogP contribution in [0.4, 0.5) is 18.0 Å². The summed E-state index contributed by atoms with van der Waals surface area (Å²) in [6.45, 7) is 0. The SMILES string of the molecule is O=C(O)Oc1cccc(C(F)(F)F)c1. The fourth-order valence-electron chi connectivity index (χ4n) is 0.837. The number of alkyl halides is 3. The molecule has 0 aliphatic rings. The van der Waals surface area contributed by atoms with Gasteiger partial charge in [0.2, 0.25) is 0 Å². The lowest BCUT2D eigenvalue weighted by atomic mass is 10.2. The van der Waals surface area contributed by atoms with Crippen LogP contribution >= 0.6 is 0 Å². The van der Waals surface area contributed by atoms with Crippen molar-refractivity contribution in [3.05, 3.63) is 29.8 Å². The smallest absolute Gasteiger partial charge is 0.449 e. The van der Waals surface area contributed by atoms with E-state index in [0.717, 1.165) is 18.2 Å². The van der Waals surface area contributed by atoms with E-state index in [9.17, 15) is 18.0 Å². The normalized spacial score (nSPS) is 11.1. The molecular formula is C8H5F3O3. The van der Waals surface area contributed by atoms with Crippen LogP contribution in [0.3, 0.4) is 0 Å². The molecule has 6 heteroatoms. The van der Waals surface area contributed by atoms with Crippen molar-refractivity contribution in [2.45, 2.75) is 6.18 Å². The van der Waals surface area contributed by atoms with Gasteiger partial charge in [0.05, 0.1) is 5.56 Å². The number of hydrogen-bond acceptors (Lipinski definition) is 2. The minimum atomic E-state index is -4.50. The Morgan fingerprint density at radius 2 is 2.00 bits per heavy atom. The third-order valence-electron chi connectivity index (χ3n) is 1.37. The molecule has 1 aromatic rings. The second-order valence-electron chi connectivity index (χ2n) is 2.39. The molecule has 0 radical (unpaired) electrons. The minimum absolute atomic E-state index is 0.354. The second-order valence-corrected chi connectivity index (χ2v) is 2.39. The second kappa shape index (κ2) is 3.57. The van der Waals surface area contributed by atoms with Gasteiger partial charge in [-0.2, -0.15) is 13.2 Å². The highest BCUT2D eigenvalue weighted by molar-refractivity contribution is 5.61. The Hall–Kier alpha value is -1.72. The van der Waals surface area contributed by atoms with E-state index in [1.54, 1.807) is 0 Å². The predicted molar refractivity (Wildman–Crippen MR) is 40.1 cm³/mol. The summed E-state index contributed by atoms with van der Waals surface area (Å²) in [7, 11) is 0. The van der Waals surface area contributed by atoms with Crippen LogP contribution in [0, 0.1) is 0 Å². The first-order chi connectivity index (χ1) is 6.39. The van der Waals surface area contributed by atoms with Crippen molar-refractivity contribution in [1.82, 2.24) is 0 Å². The highest BCUT2D eigenvalue weighted by Gasteiger charge is 2.30. The Balaban J connectivity index is 2.95. The summed E-state index contributed by atoms with van der Waals surface area (Å²) in [5.41, 5.74) is -0.948. The van der Waals surface area contributed by atoms with Crippen molar-refractivity contribution in [2.24, 2.45) is 0 Å². The number of benzene rings is 1. The molecule has 0 fully saturated rings. The summed E-state index contributed by atoms with van der Waals surface area (Å²) < 4.78 is 40.4. The van der Waals surface area contributed by atoms with Gasteiger partial charge in [0, 0.05) is 0 Å². The Labute approximate surface area is 76.7 Å². The highest BCUT2D eigenvalue weighted by Crippen LogP contribution is 2.31. The molecule has 0 bridgehead atoms. The first-order valence-corrected chi connectivity index (χ1v) is 3.47. The van der Waals surface area contributed by atoms with Gasteiger partial charge in [-0.1, -0.05) is 6.07 Å². The van der Waals surface area contributed by atoms with Crippen LogP contribution in [-0.4, -0.2) is 11.3 Å². The van der Waals surface area contributed by atoms with Gasteiger partial charge in [-0.3, -0.25) is 0 Å². The summed E-state index contributed by atoms with van der Waals surface area (Å²) in [5, 5.41) is 8.16. The lowest BCUT2D eigenvalue weighted by Gasteiger charge is -2.07. The number of rotatable bonds is 1. The summed E-state index contributed by atoms with van der Waals surface area (Å²) in [5.74, 6) is -0.354. The summed E-state index contributed by atoms with van der Waals surface area (Å²) in [6, 6.07) is 3.65. The van der Waals surface area contributed by atoms with Crippen molar-refractivity contribution in [3.8, 4) is 5.75 Å². The summed E-state index contributed by atoms with van der Waals surface area (Å²) >= 11 is 0. The zero-order chi connectivity index (χ0) is 10.8. The number of ether oxygens (including phenoxy) is 1. The van der Waals surface area contributed by atoms with Crippen molar-refractivity contribution < 1.29 is 27.8 Å². The molecule has 0 unspecified atom stereocenters. The monoisotopic (exact) mass is 206 g/mol. The number of halogens is 3. The predicted octanol–water partition coefficient (Wildman–Crippen LogP) is 2.76. The minimum Gasteiger partial charge on any atom is -0.449 e. The first-order valence-electron chi connectivity index (χ1n) is 3.47. The van der Waals surface area contributed by atoms with E-state index in [4.69, 9.17) is 5.11 Å². The van der Waals surface area contributed by atoms with Crippen molar-refractivity contribution in [2.75, 3.05) is 0 Å². The van der Waals surface area contributed by atoms with Gasteiger partial charge in [0.25, 0.3) is 0 Å². The van der Waals surface area contributed by atoms with Crippen LogP contribution in [0.5, 0.6) is 5.75 Å². The Kier molecular flexibility index (Phi) is 2.64. The van der Waals surface area contributed by atoms with Crippen LogP contribution in [-0.2, 0) is 6.18 Å². The van der Waals surface area contributed by atoms with E-state index in [0.29, 0.717) is 6.07 Å². The van der Waals surface area contributed by atoms with Gasteiger partial charge < -0.3 is 9.84 Å². The summed E-state index contributed by atoms with van der Waals surface area (Å²) in [4.78, 5) is 10.0. The third-order valence-corrected chi connectivity index (χ3v) is 1.37. The quantitative estimate of drug-likeness (QED) is 0.567. The van der Waals surface area contributed by atoms with Crippen molar-refractivity contribution in [1.29, 1.82) is 0 Å². The third kappa shape index (κ3) is 2.65. The van der Waals surface area contributed by atoms with Gasteiger partial charge in [-0.25, -0.2) is 4.79 Å². The van der Waals surface area contributed by atoms with E-state index < -0.39 is 17.9 Å². The van der Waals surface area contributed by atoms with E-state index in [1.165, 1.54) is 0 Å². The molecule has 0 aliphatic carbocycles. The maximum absolute atomic E-state index is 12.1. The molecule has 14 heavy (non-hydrogen) atoms. The molecule has 0 saturated carbocycles. The largest absolute Gasteiger partial charge is 0.511 e. The van der Waals surface area contributed by atoms with Crippen molar-refractivity contribution >= 4 is 6.16 Å². The molecule has 1 N–H and O–H groups in total. The van der Waals surface area contributed by atoms with Gasteiger partial charge in [0.1, 0.15) is 5.75 Å². The van der Waals surface area contributed by atoms with E-state index in [1.807, 2.05) is 0 Å². The molecular weight excluding hydrogens is 201 g/mol. The molecule has 0 saturated heterocycles. The van der Waals surface area contributed by atoms with Crippen LogP contribution in [0.2, 0.25) is 0 Å². The standard InChI is InChI=1S/C8H5F3O3/c9-8(10,11)5-2-1-3-6(4-5)14-7(12)13/h1-4H,(H,12,13). The average Bonchev–Trinajstić information content (AvgIpc) is 2.01. The fraction of sp³-hybridized carbons (Fsp3) is 0.125. The zero-order valence-electron chi connectivity index (χ0n) is 6.71. The Morgan fingerprint density at radius 3 is 2.50 bits per heavy atom. The lowest BCUT2D eigenvalue weighted by molar-refractivity contribution is -0.137. The molecule has 1 rings (SSSR count). The number of carbonyl (C=O) groups is 1. The van der Waals surface area contributed by atoms with Crippen LogP contribution < -0.4 is 4.74 Å². The molecule has 3 nitrogen and oxygen atoms in total. The molecule has 76 valence electrons. The average molecular weight is 206 g/mol. The Morgan fingerprint density at radius 1 is 1.36 bits per heavy atom. The van der Waals surface area contributed by atoms with Gasteiger partial charge >= 0.3 is 12.3 Å². The highest BCUT2D eigenvalue weighted by atomic mass is 19.4. The van der Waals surface area contributed by atoms with E-state index in [-0.39, 0.29) is 5.75 Å². The van der Waals surface area contributed by atoms with Crippen molar-refractivity contribution in [3.63, 3.8) is 0 Å². The fourth-order valence-corrected chi connectivity index (χ4v) is 0.837. The lowest BCUT2D eigenvalue weighted by Crippen LogP contribution is -2.07. The van der Waals surface area contributed by atoms with E-state index >= 15 is 0 Å². The molecule has 0 amide bonds. The molecule has 1 aromatic carbocycles. The topological polar surface area (TPSA) is 46.5 Å². The number of hydrogen-bond donors (Lipinski definition) is 1. The maximum atomic E-state index is 12.1. The van der Waals surface area contributed by atoms with Crippen LogP contribution in [0.1, 0.15) is 5.56 Å². The molecule has 0 heterocycles. The first kappa shape index (κ1) is 10.4. The molecule has 0 spiro atoms. The zero-order valence-corrected chi connectivity index (χ0v) is 6.71. The molecule has 0 atom stereocenters. The van der Waals surface area contributed by atoms with Crippen LogP contribution in [0.25, 0.3) is 0 Å². The summed E-state index contributed by atoms with van der Waals surface area (Å²) in [6.07, 6.45) is -6.15.